The molecule has 0 radical (unpaired) electrons. The van der Waals surface area contributed by atoms with Gasteiger partial charge >= 0.3 is 0 Å². The smallest absolute Gasteiger partial charge is 0.126 e. The first-order valence-electron chi connectivity index (χ1n) is 12.2. The molecule has 1 saturated heterocycles. The largest absolute Gasteiger partial charge is 0.355 e. The van der Waals surface area contributed by atoms with Crippen LogP contribution in [-0.4, -0.2) is 29.4 Å². The van der Waals surface area contributed by atoms with Crippen molar-refractivity contribution in [2.24, 2.45) is 4.99 Å². The molecule has 3 nitrogen and oxygen atoms in total. The highest BCUT2D eigenvalue weighted by Crippen LogP contribution is 2.26. The fourth-order valence-electron chi connectivity index (χ4n) is 4.90. The zero-order chi connectivity index (χ0) is 22.3. The summed E-state index contributed by atoms with van der Waals surface area (Å²) in [6, 6.07) is 15.9. The Bertz CT molecular complexity index is 941. The lowest BCUT2D eigenvalue weighted by Crippen LogP contribution is -2.42. The van der Waals surface area contributed by atoms with Gasteiger partial charge in [-0.2, -0.15) is 0 Å². The number of likely N-dealkylation sites (tertiary alicyclic amines) is 1. The molecular weight excluding hydrogens is 397 g/mol. The lowest BCUT2D eigenvalue weighted by Gasteiger charge is -2.36. The maximum Gasteiger partial charge on any atom is 0.126 e. The molecule has 0 bridgehead atoms. The number of hydrogen-bond donors (Lipinski definition) is 1. The lowest BCUT2D eigenvalue weighted by molar-refractivity contribution is 0.257. The van der Waals surface area contributed by atoms with Gasteiger partial charge in [0.2, 0.25) is 0 Å². The van der Waals surface area contributed by atoms with E-state index in [0.717, 1.165) is 29.3 Å². The Kier molecular flexibility index (Phi) is 7.62. The van der Waals surface area contributed by atoms with Crippen molar-refractivity contribution >= 4 is 17.2 Å². The molecule has 1 atom stereocenters. The molecule has 1 N–H and O–H groups in total. The van der Waals surface area contributed by atoms with Gasteiger partial charge in [-0.05, 0) is 75.8 Å². The highest BCUT2D eigenvalue weighted by Gasteiger charge is 2.23. The zero-order valence-electron chi connectivity index (χ0n) is 19.5. The van der Waals surface area contributed by atoms with Crippen molar-refractivity contribution in [2.75, 3.05) is 11.9 Å². The van der Waals surface area contributed by atoms with E-state index in [2.05, 4.69) is 54.4 Å². The van der Waals surface area contributed by atoms with Crippen molar-refractivity contribution in [2.45, 2.75) is 77.3 Å². The third-order valence-electron chi connectivity index (χ3n) is 6.82. The molecule has 0 spiro atoms. The lowest BCUT2D eigenvalue weighted by atomic mass is 9.96. The van der Waals surface area contributed by atoms with Crippen molar-refractivity contribution in [3.8, 4) is 0 Å². The Morgan fingerprint density at radius 2 is 1.69 bits per heavy atom. The van der Waals surface area contributed by atoms with E-state index in [0.29, 0.717) is 12.1 Å². The van der Waals surface area contributed by atoms with Crippen molar-refractivity contribution in [1.82, 2.24) is 4.90 Å². The number of rotatable bonds is 5. The molecule has 2 aromatic rings. The van der Waals surface area contributed by atoms with Gasteiger partial charge in [0, 0.05) is 35.6 Å². The van der Waals surface area contributed by atoms with Crippen LogP contribution in [0.15, 0.2) is 59.6 Å². The number of halogens is 1. The first-order chi connectivity index (χ1) is 15.6. The Balaban J connectivity index is 1.75. The molecular formula is C28H36FN3. The minimum atomic E-state index is -0.223. The number of aliphatic imine (C=N–C) groups is 1. The van der Waals surface area contributed by atoms with E-state index in [1.54, 1.807) is 12.1 Å². The molecule has 170 valence electrons. The fourth-order valence-corrected chi connectivity index (χ4v) is 4.90. The van der Waals surface area contributed by atoms with Crippen LogP contribution in [0.4, 0.5) is 10.1 Å². The summed E-state index contributed by atoms with van der Waals surface area (Å²) in [6.07, 6.45) is 12.2. The number of hydrogen-bond acceptors (Lipinski definition) is 2. The van der Waals surface area contributed by atoms with Crippen LogP contribution in [0, 0.1) is 12.7 Å². The Morgan fingerprint density at radius 3 is 2.41 bits per heavy atom. The molecule has 1 aliphatic carbocycles. The van der Waals surface area contributed by atoms with Crippen molar-refractivity contribution in [1.29, 1.82) is 0 Å². The summed E-state index contributed by atoms with van der Waals surface area (Å²) in [5.74, 6) is 0.871. The second-order valence-corrected chi connectivity index (χ2v) is 9.32. The van der Waals surface area contributed by atoms with E-state index in [-0.39, 0.29) is 5.82 Å². The predicted molar refractivity (Wildman–Crippen MR) is 134 cm³/mol. The Hall–Kier alpha value is -2.62. The summed E-state index contributed by atoms with van der Waals surface area (Å²) in [7, 11) is 0. The molecule has 1 heterocycles. The Labute approximate surface area is 192 Å². The molecule has 4 heteroatoms. The van der Waals surface area contributed by atoms with Gasteiger partial charge in [0.05, 0.1) is 6.04 Å². The van der Waals surface area contributed by atoms with E-state index < -0.39 is 0 Å². The van der Waals surface area contributed by atoms with Crippen LogP contribution in [-0.2, 0) is 0 Å². The Morgan fingerprint density at radius 1 is 0.969 bits per heavy atom. The maximum absolute atomic E-state index is 13.5. The van der Waals surface area contributed by atoms with Gasteiger partial charge in [0.1, 0.15) is 11.7 Å². The predicted octanol–water partition coefficient (Wildman–Crippen LogP) is 7.19. The maximum atomic E-state index is 13.5. The molecule has 1 unspecified atom stereocenters. The second kappa shape index (κ2) is 10.8. The fraction of sp³-hybridized carbons (Fsp3) is 0.464. The van der Waals surface area contributed by atoms with Crippen LogP contribution in [0.2, 0.25) is 0 Å². The van der Waals surface area contributed by atoms with E-state index in [1.165, 1.54) is 69.1 Å². The zero-order valence-corrected chi connectivity index (χ0v) is 19.5. The van der Waals surface area contributed by atoms with Crippen LogP contribution < -0.4 is 5.32 Å². The molecule has 2 aliphatic rings. The van der Waals surface area contributed by atoms with E-state index >= 15 is 0 Å². The highest BCUT2D eigenvalue weighted by molar-refractivity contribution is 6.01. The molecule has 4 rings (SSSR count). The molecule has 1 aliphatic heterocycles. The quantitative estimate of drug-likeness (QED) is 0.399. The number of nitrogens with zero attached hydrogens (tertiary/aromatic N) is 2. The van der Waals surface area contributed by atoms with Crippen molar-refractivity contribution in [3.05, 3.63) is 71.6 Å². The van der Waals surface area contributed by atoms with Gasteiger partial charge in [0.15, 0.2) is 0 Å². The van der Waals surface area contributed by atoms with Crippen molar-refractivity contribution < 1.29 is 4.39 Å². The summed E-state index contributed by atoms with van der Waals surface area (Å²) in [5.41, 5.74) is 4.25. The topological polar surface area (TPSA) is 27.6 Å². The number of amidine groups is 1. The third kappa shape index (κ3) is 5.79. The molecule has 2 fully saturated rings. The third-order valence-corrected chi connectivity index (χ3v) is 6.82. The van der Waals surface area contributed by atoms with E-state index in [9.17, 15) is 4.39 Å². The average molecular weight is 434 g/mol. The second-order valence-electron chi connectivity index (χ2n) is 9.32. The van der Waals surface area contributed by atoms with E-state index in [1.807, 2.05) is 0 Å². The van der Waals surface area contributed by atoms with Gasteiger partial charge in [-0.25, -0.2) is 4.39 Å². The number of benzene rings is 2. The minimum Gasteiger partial charge on any atom is -0.355 e. The van der Waals surface area contributed by atoms with Crippen LogP contribution in [0.3, 0.4) is 0 Å². The average Bonchev–Trinajstić information content (AvgIpc) is 2.81. The van der Waals surface area contributed by atoms with Crippen molar-refractivity contribution in [3.63, 3.8) is 0 Å². The number of aryl methyl sites for hydroxylation is 1. The minimum absolute atomic E-state index is 0.223. The summed E-state index contributed by atoms with van der Waals surface area (Å²) < 4.78 is 13.5. The summed E-state index contributed by atoms with van der Waals surface area (Å²) >= 11 is 0. The molecule has 1 saturated carbocycles. The van der Waals surface area contributed by atoms with Gasteiger partial charge < -0.3 is 10.2 Å². The number of nitrogens with one attached hydrogen (secondary N) is 1. The summed E-state index contributed by atoms with van der Waals surface area (Å²) in [5, 5.41) is 3.57. The molecule has 32 heavy (non-hydrogen) atoms. The highest BCUT2D eigenvalue weighted by atomic mass is 19.1. The van der Waals surface area contributed by atoms with E-state index in [4.69, 9.17) is 4.99 Å². The first kappa shape index (κ1) is 22.6. The monoisotopic (exact) mass is 433 g/mol. The number of anilines is 1. The first-order valence-corrected chi connectivity index (χ1v) is 12.2. The SMILES string of the molecule is Cc1ccccc1/C(=C/C(=NC1CCCCC1)N1CCCCC1C)Nc1ccc(F)cc1. The van der Waals surface area contributed by atoms with Crippen LogP contribution in [0.1, 0.15) is 69.4 Å². The van der Waals surface area contributed by atoms with Crippen LogP contribution in [0.25, 0.3) is 5.70 Å². The van der Waals surface area contributed by atoms with Gasteiger partial charge in [-0.1, -0.05) is 43.5 Å². The normalized spacial score (nSPS) is 21.0. The van der Waals surface area contributed by atoms with Crippen LogP contribution >= 0.6 is 0 Å². The van der Waals surface area contributed by atoms with Gasteiger partial charge in [0.25, 0.3) is 0 Å². The summed E-state index contributed by atoms with van der Waals surface area (Å²) in [4.78, 5) is 7.83. The molecule has 0 aromatic heterocycles. The molecule has 2 aromatic carbocycles. The number of piperidine rings is 1. The molecule has 0 amide bonds. The summed E-state index contributed by atoms with van der Waals surface area (Å²) in [6.45, 7) is 5.52. The van der Waals surface area contributed by atoms with Gasteiger partial charge in [-0.15, -0.1) is 0 Å². The van der Waals surface area contributed by atoms with Gasteiger partial charge in [-0.3, -0.25) is 4.99 Å². The van der Waals surface area contributed by atoms with Crippen LogP contribution in [0.5, 0.6) is 0 Å². The standard InChI is InChI=1S/C28H36FN3/c1-21-10-6-7-14-26(21)27(30-25-17-15-23(29)16-18-25)20-28(31-24-12-4-3-5-13-24)32-19-9-8-11-22(32)2/h6-7,10,14-18,20,22,24,30H,3-5,8-9,11-13,19H2,1-2H3/b27-20-,31-28?.